The molecule has 4 rings (SSSR count). The van der Waals surface area contributed by atoms with Crippen LogP contribution in [0.1, 0.15) is 5.56 Å². The van der Waals surface area contributed by atoms with E-state index in [4.69, 9.17) is 0 Å². The van der Waals surface area contributed by atoms with Crippen LogP contribution in [-0.4, -0.2) is 4.98 Å². The van der Waals surface area contributed by atoms with E-state index in [2.05, 4.69) is 4.98 Å². The van der Waals surface area contributed by atoms with Gasteiger partial charge in [0.1, 0.15) is 0 Å². The number of benzene rings is 3. The third-order valence-electron chi connectivity index (χ3n) is 4.12. The first kappa shape index (κ1) is 14.7. The first-order valence-corrected chi connectivity index (χ1v) is 7.48. The van der Waals surface area contributed by atoms with Crippen molar-refractivity contribution < 1.29 is 13.2 Å². The van der Waals surface area contributed by atoms with E-state index in [1.54, 1.807) is 18.2 Å². The smallest absolute Gasteiger partial charge is 0.255 e. The Morgan fingerprint density at radius 2 is 1.38 bits per heavy atom. The van der Waals surface area contributed by atoms with Crippen molar-refractivity contribution >= 4 is 21.5 Å². The average Bonchev–Trinajstić information content (AvgIpc) is 2.59. The topological polar surface area (TPSA) is 12.9 Å². The Labute approximate surface area is 136 Å². The monoisotopic (exact) mass is 323 g/mol. The summed E-state index contributed by atoms with van der Waals surface area (Å²) in [6, 6.07) is 20.2. The fourth-order valence-electron chi connectivity index (χ4n) is 2.99. The Morgan fingerprint density at radius 1 is 0.708 bits per heavy atom. The molecule has 0 aliphatic heterocycles. The number of pyridine rings is 1. The predicted molar refractivity (Wildman–Crippen MR) is 89.7 cm³/mol. The summed E-state index contributed by atoms with van der Waals surface area (Å²) in [5, 5.41) is 2.78. The highest BCUT2D eigenvalue weighted by Gasteiger charge is 2.33. The highest BCUT2D eigenvalue weighted by Crippen LogP contribution is 2.37. The van der Waals surface area contributed by atoms with Crippen LogP contribution in [0.5, 0.6) is 0 Å². The lowest BCUT2D eigenvalue weighted by Crippen LogP contribution is -2.07. The van der Waals surface area contributed by atoms with E-state index < -0.39 is 11.7 Å². The molecule has 24 heavy (non-hydrogen) atoms. The van der Waals surface area contributed by atoms with Gasteiger partial charge in [0.25, 0.3) is 0 Å². The second-order valence-electron chi connectivity index (χ2n) is 5.63. The number of alkyl halides is 3. The lowest BCUT2D eigenvalue weighted by Gasteiger charge is -2.13. The van der Waals surface area contributed by atoms with Gasteiger partial charge in [0, 0.05) is 17.1 Å². The third-order valence-corrected chi connectivity index (χ3v) is 4.12. The molecule has 118 valence electrons. The molecular weight excluding hydrogens is 311 g/mol. The molecule has 0 aliphatic carbocycles. The molecule has 4 heteroatoms. The first-order valence-electron chi connectivity index (χ1n) is 7.48. The van der Waals surface area contributed by atoms with E-state index in [1.807, 2.05) is 42.5 Å². The van der Waals surface area contributed by atoms with Crippen molar-refractivity contribution in [1.82, 2.24) is 4.98 Å². The van der Waals surface area contributed by atoms with Crippen LogP contribution in [0.15, 0.2) is 72.9 Å². The summed E-state index contributed by atoms with van der Waals surface area (Å²) in [6.45, 7) is 0. The molecule has 0 amide bonds. The number of nitrogens with zero attached hydrogens (tertiary/aromatic N) is 1. The summed E-state index contributed by atoms with van der Waals surface area (Å²) in [7, 11) is 0. The average molecular weight is 323 g/mol. The maximum absolute atomic E-state index is 13.2. The van der Waals surface area contributed by atoms with E-state index >= 15 is 0 Å². The molecule has 0 saturated heterocycles. The van der Waals surface area contributed by atoms with Crippen molar-refractivity contribution in [2.45, 2.75) is 6.18 Å². The molecular formula is C20H12F3N. The molecule has 0 aliphatic rings. The van der Waals surface area contributed by atoms with Gasteiger partial charge < -0.3 is 0 Å². The summed E-state index contributed by atoms with van der Waals surface area (Å²) in [4.78, 5) is 4.13. The number of halogens is 3. The summed E-state index contributed by atoms with van der Waals surface area (Å²) >= 11 is 0. The van der Waals surface area contributed by atoms with Gasteiger partial charge in [-0.1, -0.05) is 60.7 Å². The van der Waals surface area contributed by atoms with Gasteiger partial charge in [0.15, 0.2) is 0 Å². The molecule has 1 nitrogen and oxygen atoms in total. The maximum Gasteiger partial charge on any atom is 0.418 e. The van der Waals surface area contributed by atoms with E-state index in [9.17, 15) is 13.2 Å². The van der Waals surface area contributed by atoms with Gasteiger partial charge in [-0.2, -0.15) is 13.2 Å². The fraction of sp³-hybridized carbons (Fsp3) is 0.0500. The van der Waals surface area contributed by atoms with E-state index in [-0.39, 0.29) is 5.39 Å². The van der Waals surface area contributed by atoms with Crippen LogP contribution in [-0.2, 0) is 6.18 Å². The normalized spacial score (nSPS) is 12.0. The fourth-order valence-corrected chi connectivity index (χ4v) is 2.99. The number of fused-ring (bicyclic) bond motifs is 2. The van der Waals surface area contributed by atoms with E-state index in [1.165, 1.54) is 6.07 Å². The molecule has 1 aromatic heterocycles. The zero-order valence-corrected chi connectivity index (χ0v) is 12.5. The second-order valence-corrected chi connectivity index (χ2v) is 5.63. The van der Waals surface area contributed by atoms with Gasteiger partial charge in [0.2, 0.25) is 0 Å². The van der Waals surface area contributed by atoms with Gasteiger partial charge >= 0.3 is 6.18 Å². The van der Waals surface area contributed by atoms with Crippen molar-refractivity contribution in [3.8, 4) is 11.3 Å². The highest BCUT2D eigenvalue weighted by molar-refractivity contribution is 5.98. The van der Waals surface area contributed by atoms with Gasteiger partial charge in [-0.05, 0) is 22.2 Å². The standard InChI is InChI=1S/C20H12F3N/c21-20(22,23)18-12-24-19(17-8-4-3-7-16(17)18)15-10-9-13-5-1-2-6-14(13)11-15/h1-12H. The summed E-state index contributed by atoms with van der Waals surface area (Å²) in [6.07, 6.45) is -3.50. The SMILES string of the molecule is FC(F)(F)c1cnc(-c2ccc3ccccc3c2)c2ccccc12. The van der Waals surface area contributed by atoms with Crippen LogP contribution in [0.2, 0.25) is 0 Å². The molecule has 0 unspecified atom stereocenters. The predicted octanol–water partition coefficient (Wildman–Crippen LogP) is 6.07. The molecule has 0 radical (unpaired) electrons. The Morgan fingerprint density at radius 3 is 2.12 bits per heavy atom. The molecule has 0 fully saturated rings. The van der Waals surface area contributed by atoms with Crippen molar-refractivity contribution in [2.75, 3.05) is 0 Å². The number of rotatable bonds is 1. The van der Waals surface area contributed by atoms with Crippen molar-refractivity contribution in [1.29, 1.82) is 0 Å². The minimum Gasteiger partial charge on any atom is -0.255 e. The van der Waals surface area contributed by atoms with E-state index in [0.29, 0.717) is 11.1 Å². The summed E-state index contributed by atoms with van der Waals surface area (Å²) in [5.41, 5.74) is 0.658. The lowest BCUT2D eigenvalue weighted by atomic mass is 9.98. The number of hydrogen-bond acceptors (Lipinski definition) is 1. The molecule has 0 saturated carbocycles. The van der Waals surface area contributed by atoms with Gasteiger partial charge in [0.05, 0.1) is 11.3 Å². The Balaban J connectivity index is 2.00. The lowest BCUT2D eigenvalue weighted by molar-refractivity contribution is -0.136. The van der Waals surface area contributed by atoms with Crippen molar-refractivity contribution in [2.24, 2.45) is 0 Å². The van der Waals surface area contributed by atoms with Crippen molar-refractivity contribution in [3.05, 3.63) is 78.5 Å². The molecule has 0 atom stereocenters. The summed E-state index contributed by atoms with van der Waals surface area (Å²) in [5.74, 6) is 0. The minimum atomic E-state index is -4.42. The zero-order valence-electron chi connectivity index (χ0n) is 12.5. The Kier molecular flexibility index (Phi) is 3.27. The quantitative estimate of drug-likeness (QED) is 0.414. The maximum atomic E-state index is 13.2. The van der Waals surface area contributed by atoms with Gasteiger partial charge in [-0.15, -0.1) is 0 Å². The zero-order chi connectivity index (χ0) is 16.7. The van der Waals surface area contributed by atoms with Crippen LogP contribution in [0.4, 0.5) is 13.2 Å². The molecule has 0 N–H and O–H groups in total. The molecule has 3 aromatic carbocycles. The highest BCUT2D eigenvalue weighted by atomic mass is 19.4. The van der Waals surface area contributed by atoms with Crippen LogP contribution >= 0.6 is 0 Å². The molecule has 1 heterocycles. The van der Waals surface area contributed by atoms with Crippen LogP contribution in [0.3, 0.4) is 0 Å². The summed E-state index contributed by atoms with van der Waals surface area (Å²) < 4.78 is 39.7. The molecule has 0 spiro atoms. The second kappa shape index (κ2) is 5.34. The van der Waals surface area contributed by atoms with Crippen LogP contribution in [0, 0.1) is 0 Å². The molecule has 4 aromatic rings. The third kappa shape index (κ3) is 2.40. The van der Waals surface area contributed by atoms with Gasteiger partial charge in [-0.3, -0.25) is 4.98 Å². The number of hydrogen-bond donors (Lipinski definition) is 0. The Hall–Kier alpha value is -2.88. The van der Waals surface area contributed by atoms with Crippen LogP contribution < -0.4 is 0 Å². The van der Waals surface area contributed by atoms with E-state index in [0.717, 1.165) is 22.5 Å². The Bertz CT molecular complexity index is 1050. The first-order chi connectivity index (χ1) is 11.5. The van der Waals surface area contributed by atoms with Crippen molar-refractivity contribution in [3.63, 3.8) is 0 Å². The van der Waals surface area contributed by atoms with Crippen LogP contribution in [0.25, 0.3) is 32.8 Å². The molecule has 0 bridgehead atoms. The number of aromatic nitrogens is 1. The van der Waals surface area contributed by atoms with Gasteiger partial charge in [-0.25, -0.2) is 0 Å². The minimum absolute atomic E-state index is 0.170. The largest absolute Gasteiger partial charge is 0.418 e.